The van der Waals surface area contributed by atoms with E-state index in [1.807, 2.05) is 12.5 Å². The number of rotatable bonds is 5. The number of likely N-dealkylation sites (tertiary alicyclic amines) is 1. The molecule has 1 aliphatic heterocycles. The predicted octanol–water partition coefficient (Wildman–Crippen LogP) is 3.14. The first kappa shape index (κ1) is 17.9. The molecule has 0 bridgehead atoms. The van der Waals surface area contributed by atoms with Crippen LogP contribution in [-0.2, 0) is 11.3 Å². The molecule has 3 heterocycles. The summed E-state index contributed by atoms with van der Waals surface area (Å²) in [6.07, 6.45) is 16.0. The number of hydrogen-bond donors (Lipinski definition) is 0. The van der Waals surface area contributed by atoms with Crippen LogP contribution < -0.4 is 0 Å². The van der Waals surface area contributed by atoms with Gasteiger partial charge in [-0.3, -0.25) is 4.79 Å². The molecule has 28 heavy (non-hydrogen) atoms. The first-order chi connectivity index (χ1) is 13.8. The highest BCUT2D eigenvalue weighted by atomic mass is 16.2. The van der Waals surface area contributed by atoms with Gasteiger partial charge in [-0.05, 0) is 38.5 Å². The predicted molar refractivity (Wildman–Crippen MR) is 105 cm³/mol. The molecule has 0 radical (unpaired) electrons. The first-order valence-electron chi connectivity index (χ1n) is 11.0. The molecule has 2 aliphatic carbocycles. The molecule has 150 valence electrons. The number of carbonyl (C=O) groups is 1. The molecule has 1 amide bonds. The quantitative estimate of drug-likeness (QED) is 0.797. The van der Waals surface area contributed by atoms with Crippen LogP contribution in [0.4, 0.5) is 0 Å². The molecule has 0 aromatic carbocycles. The Balaban J connectivity index is 1.26. The van der Waals surface area contributed by atoms with E-state index in [1.54, 1.807) is 6.20 Å². The van der Waals surface area contributed by atoms with Crippen LogP contribution >= 0.6 is 0 Å². The van der Waals surface area contributed by atoms with Crippen molar-refractivity contribution in [3.63, 3.8) is 0 Å². The van der Waals surface area contributed by atoms with E-state index in [0.29, 0.717) is 17.9 Å². The zero-order chi connectivity index (χ0) is 18.9. The number of piperidine rings is 1. The summed E-state index contributed by atoms with van der Waals surface area (Å²) >= 11 is 0. The zero-order valence-electron chi connectivity index (χ0n) is 16.5. The van der Waals surface area contributed by atoms with Gasteiger partial charge in [-0.25, -0.2) is 4.98 Å². The number of nitrogens with zero attached hydrogens (tertiary/aromatic N) is 6. The van der Waals surface area contributed by atoms with Gasteiger partial charge in [0.1, 0.15) is 5.82 Å². The minimum absolute atomic E-state index is 0.280. The first-order valence-corrected chi connectivity index (χ1v) is 11.0. The Hall–Kier alpha value is -2.18. The minimum atomic E-state index is 0.280. The maximum absolute atomic E-state index is 12.8. The van der Waals surface area contributed by atoms with E-state index < -0.39 is 0 Å². The van der Waals surface area contributed by atoms with Crippen LogP contribution in [0, 0.1) is 5.92 Å². The van der Waals surface area contributed by atoms with Crippen molar-refractivity contribution in [1.82, 2.24) is 29.2 Å². The fourth-order valence-corrected chi connectivity index (χ4v) is 4.96. The summed E-state index contributed by atoms with van der Waals surface area (Å²) in [4.78, 5) is 19.1. The van der Waals surface area contributed by atoms with Crippen molar-refractivity contribution < 1.29 is 4.79 Å². The number of amides is 1. The zero-order valence-corrected chi connectivity index (χ0v) is 16.5. The summed E-state index contributed by atoms with van der Waals surface area (Å²) in [6.45, 7) is 2.46. The number of imidazole rings is 1. The second-order valence-corrected chi connectivity index (χ2v) is 8.75. The topological polar surface area (TPSA) is 68.8 Å². The highest BCUT2D eigenvalue weighted by molar-refractivity contribution is 5.79. The van der Waals surface area contributed by atoms with Crippen LogP contribution in [0.5, 0.6) is 0 Å². The van der Waals surface area contributed by atoms with Crippen molar-refractivity contribution in [1.29, 1.82) is 0 Å². The van der Waals surface area contributed by atoms with Gasteiger partial charge in [-0.2, -0.15) is 0 Å². The third kappa shape index (κ3) is 3.59. The van der Waals surface area contributed by atoms with Gasteiger partial charge in [-0.15, -0.1) is 10.2 Å². The Kier molecular flexibility index (Phi) is 4.91. The van der Waals surface area contributed by atoms with Gasteiger partial charge in [0.05, 0.1) is 12.9 Å². The summed E-state index contributed by atoms with van der Waals surface area (Å²) in [5.74, 6) is 3.28. The maximum atomic E-state index is 12.8. The lowest BCUT2D eigenvalue weighted by Gasteiger charge is -2.35. The van der Waals surface area contributed by atoms with Crippen LogP contribution in [0.25, 0.3) is 0 Å². The third-order valence-corrected chi connectivity index (χ3v) is 6.71. The third-order valence-electron chi connectivity index (χ3n) is 6.71. The van der Waals surface area contributed by atoms with Gasteiger partial charge in [-0.1, -0.05) is 19.3 Å². The van der Waals surface area contributed by atoms with Crippen molar-refractivity contribution >= 4 is 5.91 Å². The van der Waals surface area contributed by atoms with Crippen LogP contribution in [0.3, 0.4) is 0 Å². The molecule has 3 aliphatic rings. The molecule has 0 atom stereocenters. The van der Waals surface area contributed by atoms with Crippen molar-refractivity contribution in [2.24, 2.45) is 5.92 Å². The lowest BCUT2D eigenvalue weighted by Crippen LogP contribution is -2.42. The van der Waals surface area contributed by atoms with Crippen LogP contribution in [0.2, 0.25) is 0 Å². The summed E-state index contributed by atoms with van der Waals surface area (Å²) in [5, 5.41) is 9.16. The highest BCUT2D eigenvalue weighted by Gasteiger charge is 2.35. The molecule has 1 saturated heterocycles. The molecule has 2 aromatic heterocycles. The van der Waals surface area contributed by atoms with E-state index in [2.05, 4.69) is 29.2 Å². The Labute approximate surface area is 166 Å². The molecular formula is C21H30N6O. The Morgan fingerprint density at radius 1 is 1.00 bits per heavy atom. The van der Waals surface area contributed by atoms with Gasteiger partial charge in [0, 0.05) is 43.4 Å². The molecule has 3 fully saturated rings. The van der Waals surface area contributed by atoms with E-state index in [1.165, 1.54) is 32.1 Å². The summed E-state index contributed by atoms with van der Waals surface area (Å²) in [7, 11) is 0. The maximum Gasteiger partial charge on any atom is 0.225 e. The minimum Gasteiger partial charge on any atom is -0.342 e. The van der Waals surface area contributed by atoms with Crippen molar-refractivity contribution in [2.45, 2.75) is 76.3 Å². The molecule has 2 aromatic rings. The van der Waals surface area contributed by atoms with E-state index in [-0.39, 0.29) is 5.92 Å². The van der Waals surface area contributed by atoms with E-state index >= 15 is 0 Å². The molecule has 7 nitrogen and oxygen atoms in total. The van der Waals surface area contributed by atoms with E-state index in [9.17, 15) is 4.79 Å². The van der Waals surface area contributed by atoms with Crippen LogP contribution in [0.1, 0.15) is 81.4 Å². The molecular weight excluding hydrogens is 352 g/mol. The van der Waals surface area contributed by atoms with Crippen molar-refractivity contribution in [3.8, 4) is 0 Å². The fraction of sp³-hybridized carbons (Fsp3) is 0.714. The second kappa shape index (κ2) is 7.68. The average Bonchev–Trinajstić information content (AvgIpc) is 3.29. The van der Waals surface area contributed by atoms with Gasteiger partial charge in [0.2, 0.25) is 5.91 Å². The Morgan fingerprint density at radius 2 is 1.79 bits per heavy atom. The Morgan fingerprint density at radius 3 is 2.46 bits per heavy atom. The summed E-state index contributed by atoms with van der Waals surface area (Å²) in [6, 6.07) is 0.561. The summed E-state index contributed by atoms with van der Waals surface area (Å²) < 4.78 is 4.45. The van der Waals surface area contributed by atoms with Gasteiger partial charge >= 0.3 is 0 Å². The second-order valence-electron chi connectivity index (χ2n) is 8.75. The molecule has 0 spiro atoms. The van der Waals surface area contributed by atoms with E-state index in [4.69, 9.17) is 0 Å². The fourth-order valence-electron chi connectivity index (χ4n) is 4.96. The van der Waals surface area contributed by atoms with Crippen LogP contribution in [0.15, 0.2) is 18.7 Å². The molecule has 7 heteroatoms. The number of aromatic nitrogens is 5. The Bertz CT molecular complexity index is 795. The molecule has 5 rings (SSSR count). The normalized spacial score (nSPS) is 21.9. The van der Waals surface area contributed by atoms with Gasteiger partial charge < -0.3 is 14.0 Å². The standard InChI is InChI=1S/C21H30N6O/c28-21(17-4-2-1-3-5-17)26-11-8-16(9-12-26)20-24-23-19(27(20)18-6-7-18)14-25-13-10-22-15-25/h10,13,15-18H,1-9,11-12,14H2. The SMILES string of the molecule is O=C(C1CCCCC1)N1CCC(c2nnc(Cn3ccnc3)n2C2CC2)CC1. The van der Waals surface area contributed by atoms with Crippen molar-refractivity contribution in [2.75, 3.05) is 13.1 Å². The van der Waals surface area contributed by atoms with E-state index in [0.717, 1.165) is 57.0 Å². The molecule has 2 saturated carbocycles. The number of hydrogen-bond acceptors (Lipinski definition) is 4. The lowest BCUT2D eigenvalue weighted by molar-refractivity contribution is -0.137. The molecule has 0 unspecified atom stereocenters. The van der Waals surface area contributed by atoms with Gasteiger partial charge in [0.15, 0.2) is 5.82 Å². The lowest BCUT2D eigenvalue weighted by atomic mass is 9.87. The monoisotopic (exact) mass is 382 g/mol. The summed E-state index contributed by atoms with van der Waals surface area (Å²) in [5.41, 5.74) is 0. The molecule has 0 N–H and O–H groups in total. The average molecular weight is 383 g/mol. The largest absolute Gasteiger partial charge is 0.342 e. The highest BCUT2D eigenvalue weighted by Crippen LogP contribution is 2.40. The van der Waals surface area contributed by atoms with Gasteiger partial charge in [0.25, 0.3) is 0 Å². The number of carbonyl (C=O) groups excluding carboxylic acids is 1. The smallest absolute Gasteiger partial charge is 0.225 e. The van der Waals surface area contributed by atoms with Crippen LogP contribution in [-0.4, -0.2) is 48.2 Å². The van der Waals surface area contributed by atoms with Crippen molar-refractivity contribution in [3.05, 3.63) is 30.4 Å².